The van der Waals surface area contributed by atoms with Crippen LogP contribution in [0.15, 0.2) is 60.9 Å². The molecule has 0 fully saturated rings. The first-order chi connectivity index (χ1) is 15.6. The quantitative estimate of drug-likeness (QED) is 0.469. The summed E-state index contributed by atoms with van der Waals surface area (Å²) in [5.74, 6) is 0.643. The molecule has 0 radical (unpaired) electrons. The van der Waals surface area contributed by atoms with Gasteiger partial charge in [-0.2, -0.15) is 5.10 Å². The number of carbonyl (C=O) groups excluding carboxylic acids is 1. The summed E-state index contributed by atoms with van der Waals surface area (Å²) < 4.78 is 5.99. The Hall–Kier alpha value is -3.93. The number of hydrogen-bond donors (Lipinski definition) is 2. The maximum absolute atomic E-state index is 11.4. The SMILES string of the molecule is Cc1ccc2nc(-c3ccc(COc4[nH]ncc4C4=CNC(=O)CC4)cc3)c(C)cc2c1. The van der Waals surface area contributed by atoms with Crippen LogP contribution in [0.3, 0.4) is 0 Å². The fraction of sp³-hybridized carbons (Fsp3) is 0.192. The summed E-state index contributed by atoms with van der Waals surface area (Å²) >= 11 is 0. The van der Waals surface area contributed by atoms with E-state index in [0.29, 0.717) is 25.3 Å². The third kappa shape index (κ3) is 3.99. The average Bonchev–Trinajstić information content (AvgIpc) is 3.27. The third-order valence-corrected chi connectivity index (χ3v) is 5.75. The Bertz CT molecular complexity index is 1340. The number of fused-ring (bicyclic) bond motifs is 1. The zero-order valence-electron chi connectivity index (χ0n) is 18.1. The van der Waals surface area contributed by atoms with Gasteiger partial charge in [0, 0.05) is 23.6 Å². The molecule has 0 unspecified atom stereocenters. The van der Waals surface area contributed by atoms with Crippen LogP contribution >= 0.6 is 0 Å². The van der Waals surface area contributed by atoms with E-state index in [2.05, 4.69) is 77.9 Å². The minimum Gasteiger partial charge on any atom is -0.473 e. The number of nitrogens with zero attached hydrogens (tertiary/aromatic N) is 2. The van der Waals surface area contributed by atoms with Crippen molar-refractivity contribution < 1.29 is 9.53 Å². The molecule has 0 spiro atoms. The number of aromatic amines is 1. The van der Waals surface area contributed by atoms with Gasteiger partial charge in [0.25, 0.3) is 0 Å². The van der Waals surface area contributed by atoms with Crippen LogP contribution in [-0.4, -0.2) is 21.1 Å². The molecule has 2 aromatic carbocycles. The smallest absolute Gasteiger partial charge is 0.224 e. The van der Waals surface area contributed by atoms with E-state index in [4.69, 9.17) is 9.72 Å². The zero-order chi connectivity index (χ0) is 22.1. The summed E-state index contributed by atoms with van der Waals surface area (Å²) in [5.41, 5.74) is 8.42. The van der Waals surface area contributed by atoms with Crippen molar-refractivity contribution in [2.75, 3.05) is 0 Å². The van der Waals surface area contributed by atoms with E-state index in [-0.39, 0.29) is 5.91 Å². The van der Waals surface area contributed by atoms with Gasteiger partial charge in [-0.15, -0.1) is 0 Å². The molecule has 1 amide bonds. The van der Waals surface area contributed by atoms with E-state index in [1.54, 1.807) is 12.4 Å². The highest BCUT2D eigenvalue weighted by molar-refractivity contribution is 5.85. The molecule has 2 N–H and O–H groups in total. The van der Waals surface area contributed by atoms with Crippen molar-refractivity contribution in [3.05, 3.63) is 83.2 Å². The van der Waals surface area contributed by atoms with Gasteiger partial charge in [0.05, 0.1) is 23.0 Å². The Morgan fingerprint density at radius 3 is 2.66 bits per heavy atom. The second-order valence-corrected chi connectivity index (χ2v) is 8.19. The molecule has 6 nitrogen and oxygen atoms in total. The van der Waals surface area contributed by atoms with E-state index < -0.39 is 0 Å². The number of nitrogens with one attached hydrogen (secondary N) is 2. The number of rotatable bonds is 5. The molecule has 5 rings (SSSR count). The van der Waals surface area contributed by atoms with Crippen molar-refractivity contribution in [2.45, 2.75) is 33.3 Å². The number of hydrogen-bond acceptors (Lipinski definition) is 4. The van der Waals surface area contributed by atoms with E-state index >= 15 is 0 Å². The number of aromatic nitrogens is 3. The predicted octanol–water partition coefficient (Wildman–Crippen LogP) is 5.07. The molecule has 0 saturated heterocycles. The molecule has 2 aromatic heterocycles. The minimum absolute atomic E-state index is 0.0334. The lowest BCUT2D eigenvalue weighted by Crippen LogP contribution is -2.21. The van der Waals surface area contributed by atoms with Crippen LogP contribution in [0.1, 0.15) is 35.1 Å². The summed E-state index contributed by atoms with van der Waals surface area (Å²) in [6.07, 6.45) is 4.61. The van der Waals surface area contributed by atoms with Gasteiger partial charge in [0.2, 0.25) is 11.8 Å². The van der Waals surface area contributed by atoms with Gasteiger partial charge in [-0.25, -0.2) is 10.1 Å². The number of allylic oxidation sites excluding steroid dienone is 1. The standard InChI is InChI=1S/C26H24N4O2/c1-16-3-9-23-21(11-16)12-17(2)25(29-23)19-6-4-18(5-7-19)15-32-26-22(14-28-30-26)20-8-10-24(31)27-13-20/h3-7,9,11-14H,8,10,15H2,1-2H3,(H,27,31)(H,28,30). The van der Waals surface area contributed by atoms with Gasteiger partial charge in [0.1, 0.15) is 6.61 Å². The summed E-state index contributed by atoms with van der Waals surface area (Å²) in [7, 11) is 0. The van der Waals surface area contributed by atoms with Gasteiger partial charge in [-0.05, 0) is 55.2 Å². The van der Waals surface area contributed by atoms with Crippen molar-refractivity contribution in [2.24, 2.45) is 0 Å². The number of pyridine rings is 1. The van der Waals surface area contributed by atoms with Crippen molar-refractivity contribution in [3.8, 4) is 17.1 Å². The molecular formula is C26H24N4O2. The van der Waals surface area contributed by atoms with E-state index in [0.717, 1.165) is 39.0 Å². The Morgan fingerprint density at radius 2 is 1.88 bits per heavy atom. The van der Waals surface area contributed by atoms with E-state index in [1.165, 1.54) is 10.9 Å². The molecule has 1 aliphatic heterocycles. The topological polar surface area (TPSA) is 79.9 Å². The second kappa shape index (κ2) is 8.30. The fourth-order valence-corrected chi connectivity index (χ4v) is 3.99. The number of H-pyrrole nitrogens is 1. The van der Waals surface area contributed by atoms with Gasteiger partial charge in [-0.3, -0.25) is 4.79 Å². The molecule has 0 saturated carbocycles. The van der Waals surface area contributed by atoms with Gasteiger partial charge >= 0.3 is 0 Å². The van der Waals surface area contributed by atoms with Crippen LogP contribution in [0.25, 0.3) is 27.7 Å². The van der Waals surface area contributed by atoms with Crippen LogP contribution in [0.2, 0.25) is 0 Å². The maximum atomic E-state index is 11.4. The van der Waals surface area contributed by atoms with Gasteiger partial charge in [0.15, 0.2) is 0 Å². The summed E-state index contributed by atoms with van der Waals surface area (Å²) in [5, 5.41) is 10.9. The second-order valence-electron chi connectivity index (χ2n) is 8.19. The molecule has 0 atom stereocenters. The van der Waals surface area contributed by atoms with Crippen LogP contribution in [0.5, 0.6) is 5.88 Å². The van der Waals surface area contributed by atoms with E-state index in [1.807, 2.05) is 0 Å². The molecule has 3 heterocycles. The van der Waals surface area contributed by atoms with Crippen LogP contribution in [0.4, 0.5) is 0 Å². The van der Waals surface area contributed by atoms with Crippen molar-refractivity contribution in [1.29, 1.82) is 0 Å². The summed E-state index contributed by atoms with van der Waals surface area (Å²) in [6, 6.07) is 16.8. The van der Waals surface area contributed by atoms with Crippen LogP contribution in [0, 0.1) is 13.8 Å². The lowest BCUT2D eigenvalue weighted by atomic mass is 10.0. The molecule has 160 valence electrons. The first kappa shape index (κ1) is 20.0. The van der Waals surface area contributed by atoms with Gasteiger partial charge < -0.3 is 10.1 Å². The fourth-order valence-electron chi connectivity index (χ4n) is 3.99. The number of aryl methyl sites for hydroxylation is 2. The van der Waals surface area contributed by atoms with Crippen molar-refractivity contribution in [3.63, 3.8) is 0 Å². The Kier molecular flexibility index (Phi) is 5.19. The molecule has 0 bridgehead atoms. The first-order valence-corrected chi connectivity index (χ1v) is 10.7. The minimum atomic E-state index is 0.0334. The van der Waals surface area contributed by atoms with Crippen LogP contribution < -0.4 is 10.1 Å². The molecular weight excluding hydrogens is 400 g/mol. The average molecular weight is 425 g/mol. The Labute approximate surface area is 186 Å². The summed E-state index contributed by atoms with van der Waals surface area (Å²) in [4.78, 5) is 16.3. The number of carbonyl (C=O) groups is 1. The number of amides is 1. The zero-order valence-corrected chi connectivity index (χ0v) is 18.1. The highest BCUT2D eigenvalue weighted by Crippen LogP contribution is 2.29. The first-order valence-electron chi connectivity index (χ1n) is 10.7. The van der Waals surface area contributed by atoms with Gasteiger partial charge in [-0.1, -0.05) is 35.9 Å². The van der Waals surface area contributed by atoms with Crippen molar-refractivity contribution >= 4 is 22.4 Å². The van der Waals surface area contributed by atoms with Crippen LogP contribution in [-0.2, 0) is 11.4 Å². The third-order valence-electron chi connectivity index (χ3n) is 5.75. The normalized spacial score (nSPS) is 13.7. The van der Waals surface area contributed by atoms with E-state index in [9.17, 15) is 4.79 Å². The predicted molar refractivity (Wildman–Crippen MR) is 125 cm³/mol. The highest BCUT2D eigenvalue weighted by Gasteiger charge is 2.17. The highest BCUT2D eigenvalue weighted by atomic mass is 16.5. The molecule has 6 heteroatoms. The molecule has 1 aliphatic rings. The van der Waals surface area contributed by atoms with Crippen molar-refractivity contribution in [1.82, 2.24) is 20.5 Å². The maximum Gasteiger partial charge on any atom is 0.224 e. The summed E-state index contributed by atoms with van der Waals surface area (Å²) in [6.45, 7) is 4.61. The Balaban J connectivity index is 1.32. The largest absolute Gasteiger partial charge is 0.473 e. The Morgan fingerprint density at radius 1 is 1.03 bits per heavy atom. The molecule has 0 aliphatic carbocycles. The molecule has 32 heavy (non-hydrogen) atoms. The number of ether oxygens (including phenoxy) is 1. The lowest BCUT2D eigenvalue weighted by molar-refractivity contribution is -0.120. The number of benzene rings is 2. The lowest BCUT2D eigenvalue weighted by Gasteiger charge is -2.14. The monoisotopic (exact) mass is 424 g/mol. The molecule has 4 aromatic rings.